The number of carbonyl (C=O) groups excluding carboxylic acids is 2. The molecular formula is C12H17BrN2O3S. The van der Waals surface area contributed by atoms with Crippen molar-refractivity contribution in [2.75, 3.05) is 0 Å². The highest BCUT2D eigenvalue weighted by molar-refractivity contribution is 9.11. The van der Waals surface area contributed by atoms with Gasteiger partial charge in [-0.05, 0) is 48.8 Å². The number of thiophene rings is 1. The predicted molar refractivity (Wildman–Crippen MR) is 78.1 cm³/mol. The summed E-state index contributed by atoms with van der Waals surface area (Å²) in [6.45, 7) is 5.47. The van der Waals surface area contributed by atoms with Crippen LogP contribution in [0.4, 0.5) is 4.79 Å². The van der Waals surface area contributed by atoms with Crippen LogP contribution in [0.1, 0.15) is 25.6 Å². The van der Waals surface area contributed by atoms with Crippen LogP contribution in [0.15, 0.2) is 15.9 Å². The van der Waals surface area contributed by atoms with E-state index < -0.39 is 23.6 Å². The molecular weight excluding hydrogens is 332 g/mol. The van der Waals surface area contributed by atoms with E-state index in [0.29, 0.717) is 0 Å². The van der Waals surface area contributed by atoms with Crippen LogP contribution in [0.25, 0.3) is 0 Å². The Kier molecular flexibility index (Phi) is 5.37. The second-order valence-corrected chi connectivity index (χ2v) is 7.63. The Morgan fingerprint density at radius 1 is 1.47 bits per heavy atom. The average molecular weight is 349 g/mol. The van der Waals surface area contributed by atoms with Crippen molar-refractivity contribution in [1.82, 2.24) is 5.32 Å². The molecule has 2 amide bonds. The summed E-state index contributed by atoms with van der Waals surface area (Å²) in [5.74, 6) is -0.659. The Morgan fingerprint density at radius 3 is 2.53 bits per heavy atom. The predicted octanol–water partition coefficient (Wildman–Crippen LogP) is 2.43. The molecule has 0 aliphatic carbocycles. The maximum absolute atomic E-state index is 11.6. The lowest BCUT2D eigenvalue weighted by molar-refractivity contribution is -0.126. The Labute approximate surface area is 124 Å². The molecule has 106 valence electrons. The maximum Gasteiger partial charge on any atom is 0.408 e. The fourth-order valence-corrected chi connectivity index (χ4v) is 2.82. The highest BCUT2D eigenvalue weighted by Crippen LogP contribution is 2.23. The van der Waals surface area contributed by atoms with E-state index in [1.165, 1.54) is 11.3 Å². The zero-order valence-corrected chi connectivity index (χ0v) is 13.4. The lowest BCUT2D eigenvalue weighted by Crippen LogP contribution is -2.45. The van der Waals surface area contributed by atoms with Gasteiger partial charge in [-0.25, -0.2) is 4.79 Å². The SMILES string of the molecule is CC(C)(C)NC(=O)O[C@@H](Cc1ccc(Br)s1)C(N)=O. The number of nitrogens with two attached hydrogens (primary N) is 1. The van der Waals surface area contributed by atoms with Crippen molar-refractivity contribution in [3.63, 3.8) is 0 Å². The molecule has 0 aliphatic rings. The normalized spacial score (nSPS) is 12.8. The van der Waals surface area contributed by atoms with E-state index in [9.17, 15) is 9.59 Å². The number of carbonyl (C=O) groups is 2. The van der Waals surface area contributed by atoms with Gasteiger partial charge in [0, 0.05) is 16.8 Å². The summed E-state index contributed by atoms with van der Waals surface area (Å²) in [6, 6.07) is 3.73. The summed E-state index contributed by atoms with van der Waals surface area (Å²) in [5, 5.41) is 2.62. The fraction of sp³-hybridized carbons (Fsp3) is 0.500. The Bertz CT molecular complexity index is 468. The van der Waals surface area contributed by atoms with Gasteiger partial charge in [0.25, 0.3) is 5.91 Å². The maximum atomic E-state index is 11.6. The number of amides is 2. The van der Waals surface area contributed by atoms with Gasteiger partial charge in [-0.15, -0.1) is 11.3 Å². The topological polar surface area (TPSA) is 81.4 Å². The van der Waals surface area contributed by atoms with E-state index in [1.54, 1.807) is 0 Å². The van der Waals surface area contributed by atoms with Crippen molar-refractivity contribution in [3.8, 4) is 0 Å². The van der Waals surface area contributed by atoms with Crippen molar-refractivity contribution in [3.05, 3.63) is 20.8 Å². The minimum absolute atomic E-state index is 0.281. The molecule has 0 saturated carbocycles. The minimum atomic E-state index is -0.965. The van der Waals surface area contributed by atoms with Gasteiger partial charge in [0.2, 0.25) is 0 Å². The number of hydrogen-bond acceptors (Lipinski definition) is 4. The van der Waals surface area contributed by atoms with Gasteiger partial charge in [0.1, 0.15) is 0 Å². The van der Waals surface area contributed by atoms with Gasteiger partial charge in [0.15, 0.2) is 6.10 Å². The molecule has 0 radical (unpaired) electrons. The average Bonchev–Trinajstić information content (AvgIpc) is 2.60. The van der Waals surface area contributed by atoms with Gasteiger partial charge in [-0.2, -0.15) is 0 Å². The van der Waals surface area contributed by atoms with Crippen LogP contribution < -0.4 is 11.1 Å². The number of nitrogens with one attached hydrogen (secondary N) is 1. The molecule has 5 nitrogen and oxygen atoms in total. The number of primary amides is 1. The molecule has 0 saturated heterocycles. The molecule has 7 heteroatoms. The number of rotatable bonds is 4. The third kappa shape index (κ3) is 6.07. The van der Waals surface area contributed by atoms with Crippen LogP contribution in [0, 0.1) is 0 Å². The van der Waals surface area contributed by atoms with Crippen molar-refractivity contribution in [2.24, 2.45) is 5.73 Å². The zero-order chi connectivity index (χ0) is 14.6. The van der Waals surface area contributed by atoms with Crippen molar-refractivity contribution in [1.29, 1.82) is 0 Å². The quantitative estimate of drug-likeness (QED) is 0.876. The number of halogens is 1. The third-order valence-electron chi connectivity index (χ3n) is 2.06. The number of alkyl carbamates (subject to hydrolysis) is 1. The first-order chi connectivity index (χ1) is 8.67. The van der Waals surface area contributed by atoms with E-state index in [0.717, 1.165) is 8.66 Å². The molecule has 0 spiro atoms. The van der Waals surface area contributed by atoms with E-state index in [1.807, 2.05) is 32.9 Å². The minimum Gasteiger partial charge on any atom is -0.436 e. The Morgan fingerprint density at radius 2 is 2.11 bits per heavy atom. The van der Waals surface area contributed by atoms with Crippen LogP contribution in [0.3, 0.4) is 0 Å². The molecule has 1 aromatic heterocycles. The first-order valence-electron chi connectivity index (χ1n) is 5.70. The molecule has 1 heterocycles. The van der Waals surface area contributed by atoms with Gasteiger partial charge in [-0.1, -0.05) is 0 Å². The summed E-state index contributed by atoms with van der Waals surface area (Å²) in [6.07, 6.45) is -1.33. The van der Waals surface area contributed by atoms with E-state index >= 15 is 0 Å². The molecule has 1 rings (SSSR count). The smallest absolute Gasteiger partial charge is 0.408 e. The lowest BCUT2D eigenvalue weighted by atomic mass is 10.1. The van der Waals surface area contributed by atoms with E-state index in [4.69, 9.17) is 10.5 Å². The zero-order valence-electron chi connectivity index (χ0n) is 11.0. The van der Waals surface area contributed by atoms with Crippen LogP contribution in [-0.4, -0.2) is 23.6 Å². The van der Waals surface area contributed by atoms with E-state index in [2.05, 4.69) is 21.2 Å². The molecule has 1 aromatic rings. The fourth-order valence-electron chi connectivity index (χ4n) is 1.31. The summed E-state index contributed by atoms with van der Waals surface area (Å²) >= 11 is 4.80. The van der Waals surface area contributed by atoms with Crippen molar-refractivity contribution < 1.29 is 14.3 Å². The Balaban J connectivity index is 2.63. The van der Waals surface area contributed by atoms with Gasteiger partial charge in [0.05, 0.1) is 3.79 Å². The van der Waals surface area contributed by atoms with Gasteiger partial charge >= 0.3 is 6.09 Å². The first kappa shape index (κ1) is 16.0. The first-order valence-corrected chi connectivity index (χ1v) is 7.30. The monoisotopic (exact) mass is 348 g/mol. The lowest BCUT2D eigenvalue weighted by Gasteiger charge is -2.22. The standard InChI is InChI=1S/C12H17BrN2O3S/c1-12(2,3)15-11(17)18-8(10(14)16)6-7-4-5-9(13)19-7/h4-5,8H,6H2,1-3H3,(H2,14,16)(H,15,17)/t8-/m0/s1. The summed E-state index contributed by atoms with van der Waals surface area (Å²) < 4.78 is 6.02. The van der Waals surface area contributed by atoms with Crippen LogP contribution in [0.2, 0.25) is 0 Å². The van der Waals surface area contributed by atoms with Crippen LogP contribution in [-0.2, 0) is 16.0 Å². The van der Waals surface area contributed by atoms with Gasteiger partial charge in [-0.3, -0.25) is 4.79 Å². The Hall–Kier alpha value is -1.08. The summed E-state index contributed by atoms with van der Waals surface area (Å²) in [4.78, 5) is 23.9. The summed E-state index contributed by atoms with van der Waals surface area (Å²) in [7, 11) is 0. The molecule has 3 N–H and O–H groups in total. The van der Waals surface area contributed by atoms with Gasteiger partial charge < -0.3 is 15.8 Å². The van der Waals surface area contributed by atoms with Crippen molar-refractivity contribution >= 4 is 39.3 Å². The second-order valence-electron chi connectivity index (χ2n) is 5.08. The highest BCUT2D eigenvalue weighted by atomic mass is 79.9. The van der Waals surface area contributed by atoms with E-state index in [-0.39, 0.29) is 6.42 Å². The molecule has 0 bridgehead atoms. The second kappa shape index (κ2) is 6.38. The molecule has 0 fully saturated rings. The van der Waals surface area contributed by atoms with Crippen LogP contribution in [0.5, 0.6) is 0 Å². The molecule has 19 heavy (non-hydrogen) atoms. The molecule has 0 aliphatic heterocycles. The molecule has 0 aromatic carbocycles. The molecule has 0 unspecified atom stereocenters. The highest BCUT2D eigenvalue weighted by Gasteiger charge is 2.24. The van der Waals surface area contributed by atoms with Crippen molar-refractivity contribution in [2.45, 2.75) is 38.8 Å². The number of ether oxygens (including phenoxy) is 1. The van der Waals surface area contributed by atoms with Crippen LogP contribution >= 0.6 is 27.3 Å². The largest absolute Gasteiger partial charge is 0.436 e. The summed E-state index contributed by atoms with van der Waals surface area (Å²) in [5.41, 5.74) is 4.83. The third-order valence-corrected chi connectivity index (χ3v) is 3.71. The number of hydrogen-bond donors (Lipinski definition) is 2. The molecule has 1 atom stereocenters.